The largest absolute Gasteiger partial charge is 0.490 e. The van der Waals surface area contributed by atoms with E-state index in [-0.39, 0.29) is 18.5 Å². The third-order valence-electron chi connectivity index (χ3n) is 5.62. The molecule has 0 N–H and O–H groups in total. The van der Waals surface area contributed by atoms with Crippen molar-refractivity contribution in [1.82, 2.24) is 4.90 Å². The number of esters is 1. The summed E-state index contributed by atoms with van der Waals surface area (Å²) in [4.78, 5) is 31.5. The van der Waals surface area contributed by atoms with Gasteiger partial charge in [-0.3, -0.25) is 9.69 Å². The number of likely N-dealkylation sites (N-methyl/N-ethyl adjacent to an activating group) is 1. The molecule has 4 rings (SSSR count). The summed E-state index contributed by atoms with van der Waals surface area (Å²) in [7, 11) is 1.68. The molecule has 1 saturated heterocycles. The number of nitrogens with zero attached hydrogens (tertiary/aromatic N) is 2. The number of aliphatic imine (C=N–C) groups is 1. The number of amides is 1. The zero-order valence-electron chi connectivity index (χ0n) is 21.9. The number of halogens is 3. The van der Waals surface area contributed by atoms with Crippen LogP contribution >= 0.6 is 57.6 Å². The van der Waals surface area contributed by atoms with Gasteiger partial charge in [-0.1, -0.05) is 29.3 Å². The first-order chi connectivity index (χ1) is 19.2. The van der Waals surface area contributed by atoms with Gasteiger partial charge >= 0.3 is 5.97 Å². The minimum absolute atomic E-state index is 0.169. The van der Waals surface area contributed by atoms with E-state index in [0.717, 1.165) is 14.7 Å². The zero-order chi connectivity index (χ0) is 28.8. The number of amidine groups is 1. The molecule has 0 aliphatic carbocycles. The maximum atomic E-state index is 13.0. The molecule has 40 heavy (non-hydrogen) atoms. The number of ether oxygens (including phenoxy) is 3. The number of carbonyl (C=O) groups is 2. The Kier molecular flexibility index (Phi) is 10.4. The summed E-state index contributed by atoms with van der Waals surface area (Å²) >= 11 is 15.8. The van der Waals surface area contributed by atoms with Gasteiger partial charge in [0, 0.05) is 22.7 Å². The lowest BCUT2D eigenvalue weighted by molar-refractivity contribution is -0.121. The van der Waals surface area contributed by atoms with Crippen LogP contribution in [0.2, 0.25) is 10.0 Å². The molecule has 3 aromatic carbocycles. The lowest BCUT2D eigenvalue weighted by Crippen LogP contribution is -2.23. The zero-order valence-corrected chi connectivity index (χ0v) is 26.4. The summed E-state index contributed by atoms with van der Waals surface area (Å²) < 4.78 is 17.8. The van der Waals surface area contributed by atoms with E-state index >= 15 is 0 Å². The average molecular weight is 711 g/mol. The van der Waals surface area contributed by atoms with Crippen LogP contribution in [-0.2, 0) is 16.1 Å². The first kappa shape index (κ1) is 30.2. The number of hydrogen-bond donors (Lipinski definition) is 0. The van der Waals surface area contributed by atoms with Crippen LogP contribution in [0.25, 0.3) is 6.08 Å². The van der Waals surface area contributed by atoms with Gasteiger partial charge in [0.2, 0.25) is 0 Å². The van der Waals surface area contributed by atoms with Crippen LogP contribution < -0.4 is 9.47 Å². The van der Waals surface area contributed by atoms with Gasteiger partial charge in [0.1, 0.15) is 6.61 Å². The minimum Gasteiger partial charge on any atom is -0.490 e. The van der Waals surface area contributed by atoms with E-state index in [1.807, 2.05) is 25.1 Å². The highest BCUT2D eigenvalue weighted by molar-refractivity contribution is 14.1. The Morgan fingerprint density at radius 1 is 1.05 bits per heavy atom. The molecule has 0 unspecified atom stereocenters. The van der Waals surface area contributed by atoms with Gasteiger partial charge in [0.15, 0.2) is 16.7 Å². The maximum Gasteiger partial charge on any atom is 0.338 e. The summed E-state index contributed by atoms with van der Waals surface area (Å²) in [6, 6.07) is 15.8. The van der Waals surface area contributed by atoms with Crippen LogP contribution in [0.5, 0.6) is 11.5 Å². The molecule has 0 aromatic heterocycles. The predicted octanol–water partition coefficient (Wildman–Crippen LogP) is 7.99. The molecule has 0 spiro atoms. The number of carbonyl (C=O) groups excluding carboxylic acids is 2. The molecule has 7 nitrogen and oxygen atoms in total. The van der Waals surface area contributed by atoms with Gasteiger partial charge in [-0.15, -0.1) is 0 Å². The van der Waals surface area contributed by atoms with Crippen LogP contribution in [0.1, 0.15) is 35.3 Å². The molecule has 1 amide bonds. The maximum absolute atomic E-state index is 13.0. The second-order valence-corrected chi connectivity index (χ2v) is 11.4. The summed E-state index contributed by atoms with van der Waals surface area (Å²) in [6.45, 7) is 4.64. The molecular formula is C29H25Cl2IN2O5S. The summed E-state index contributed by atoms with van der Waals surface area (Å²) in [5.41, 5.74) is 2.65. The van der Waals surface area contributed by atoms with Crippen molar-refractivity contribution in [3.8, 4) is 11.5 Å². The van der Waals surface area contributed by atoms with Crippen molar-refractivity contribution in [2.75, 3.05) is 20.3 Å². The van der Waals surface area contributed by atoms with Gasteiger partial charge in [0.05, 0.1) is 32.9 Å². The first-order valence-electron chi connectivity index (χ1n) is 12.3. The molecule has 0 bridgehead atoms. The fraction of sp³-hybridized carbons (Fsp3) is 0.207. The molecule has 3 aromatic rings. The van der Waals surface area contributed by atoms with E-state index in [9.17, 15) is 9.59 Å². The average Bonchev–Trinajstić information content (AvgIpc) is 3.17. The van der Waals surface area contributed by atoms with E-state index in [0.29, 0.717) is 56.1 Å². The fourth-order valence-corrected chi connectivity index (χ4v) is 5.89. The molecule has 0 saturated carbocycles. The number of rotatable bonds is 9. The van der Waals surface area contributed by atoms with Crippen molar-refractivity contribution in [2.24, 2.45) is 4.99 Å². The number of benzene rings is 3. The van der Waals surface area contributed by atoms with Crippen molar-refractivity contribution in [3.05, 3.63) is 89.8 Å². The van der Waals surface area contributed by atoms with Crippen LogP contribution in [0.4, 0.5) is 5.69 Å². The summed E-state index contributed by atoms with van der Waals surface area (Å²) in [5.74, 6) is 0.593. The lowest BCUT2D eigenvalue weighted by atomic mass is 10.1. The fourth-order valence-electron chi connectivity index (χ4n) is 3.66. The number of thioether (sulfide) groups is 1. The standard InChI is InChI=1S/C29H25Cl2IN2O5S/c1-4-37-24-13-17(12-23(32)26(24)39-16-19-6-9-20(30)15-22(19)31)14-25-27(35)34(3)29(40-25)33-21-10-7-18(8-11-21)28(36)38-5-2/h6-15H,4-5,16H2,1-3H3/b25-14-,33-29?. The minimum atomic E-state index is -0.388. The molecular weight excluding hydrogens is 686 g/mol. The van der Waals surface area contributed by atoms with Crippen LogP contribution in [-0.4, -0.2) is 42.2 Å². The second kappa shape index (κ2) is 13.8. The molecule has 1 aliphatic rings. The Morgan fingerprint density at radius 2 is 1.80 bits per heavy atom. The quantitative estimate of drug-likeness (QED) is 0.127. The molecule has 11 heteroatoms. The van der Waals surface area contributed by atoms with Gasteiger partial charge < -0.3 is 14.2 Å². The normalized spacial score (nSPS) is 15.2. The van der Waals surface area contributed by atoms with Crippen molar-refractivity contribution in [2.45, 2.75) is 20.5 Å². The Labute approximate surface area is 260 Å². The van der Waals surface area contributed by atoms with Crippen LogP contribution in [0.15, 0.2) is 64.5 Å². The summed E-state index contributed by atoms with van der Waals surface area (Å²) in [5, 5.41) is 1.61. The van der Waals surface area contributed by atoms with E-state index in [4.69, 9.17) is 37.4 Å². The number of hydrogen-bond acceptors (Lipinski definition) is 7. The second-order valence-electron chi connectivity index (χ2n) is 8.42. The SMILES string of the molecule is CCOC(=O)c1ccc(N=C2S/C(=C\c3cc(I)c(OCc4ccc(Cl)cc4Cl)c(OCC)c3)C(=O)N2C)cc1. The van der Waals surface area contributed by atoms with E-state index < -0.39 is 0 Å². The Balaban J connectivity index is 1.55. The summed E-state index contributed by atoms with van der Waals surface area (Å²) in [6.07, 6.45) is 1.81. The predicted molar refractivity (Wildman–Crippen MR) is 169 cm³/mol. The Bertz CT molecular complexity index is 1490. The highest BCUT2D eigenvalue weighted by atomic mass is 127. The Hall–Kier alpha value is -2.73. The molecule has 1 aliphatic heterocycles. The molecule has 0 radical (unpaired) electrons. The highest BCUT2D eigenvalue weighted by Crippen LogP contribution is 2.38. The van der Waals surface area contributed by atoms with Crippen molar-refractivity contribution in [1.29, 1.82) is 0 Å². The monoisotopic (exact) mass is 710 g/mol. The highest BCUT2D eigenvalue weighted by Gasteiger charge is 2.30. The molecule has 1 fully saturated rings. The van der Waals surface area contributed by atoms with Gasteiger partial charge in [0.25, 0.3) is 5.91 Å². The third kappa shape index (κ3) is 7.31. The van der Waals surface area contributed by atoms with Crippen molar-refractivity contribution < 1.29 is 23.8 Å². The van der Waals surface area contributed by atoms with Crippen molar-refractivity contribution >= 4 is 86.4 Å². The first-order valence-corrected chi connectivity index (χ1v) is 14.9. The van der Waals surface area contributed by atoms with E-state index in [2.05, 4.69) is 27.6 Å². The lowest BCUT2D eigenvalue weighted by Gasteiger charge is -2.15. The van der Waals surface area contributed by atoms with Crippen LogP contribution in [0, 0.1) is 3.57 Å². The Morgan fingerprint density at radius 3 is 2.48 bits per heavy atom. The molecule has 1 heterocycles. The molecule has 208 valence electrons. The van der Waals surface area contributed by atoms with E-state index in [1.54, 1.807) is 56.4 Å². The van der Waals surface area contributed by atoms with Gasteiger partial charge in [-0.2, -0.15) is 0 Å². The molecule has 0 atom stereocenters. The smallest absolute Gasteiger partial charge is 0.338 e. The topological polar surface area (TPSA) is 77.4 Å². The van der Waals surface area contributed by atoms with Gasteiger partial charge in [-0.05, 0) is 108 Å². The van der Waals surface area contributed by atoms with Gasteiger partial charge in [-0.25, -0.2) is 9.79 Å². The van der Waals surface area contributed by atoms with E-state index in [1.165, 1.54) is 16.7 Å². The third-order valence-corrected chi connectivity index (χ3v) is 8.07. The van der Waals surface area contributed by atoms with Crippen molar-refractivity contribution in [3.63, 3.8) is 0 Å². The van der Waals surface area contributed by atoms with Crippen LogP contribution in [0.3, 0.4) is 0 Å².